The molecule has 0 bridgehead atoms. The number of thiazole rings is 1. The van der Waals surface area contributed by atoms with E-state index in [1.807, 2.05) is 41.8 Å². The van der Waals surface area contributed by atoms with Crippen LogP contribution in [0.3, 0.4) is 0 Å². The molecule has 5 heteroatoms. The number of hydrogen-bond donors (Lipinski definition) is 1. The number of nitrogens with zero attached hydrogens (tertiary/aromatic N) is 1. The van der Waals surface area contributed by atoms with E-state index >= 15 is 0 Å². The van der Waals surface area contributed by atoms with Crippen molar-refractivity contribution in [3.8, 4) is 11.3 Å². The van der Waals surface area contributed by atoms with Gasteiger partial charge in [-0.15, -0.1) is 22.7 Å². The van der Waals surface area contributed by atoms with Crippen molar-refractivity contribution in [2.24, 2.45) is 0 Å². The molecule has 112 valence electrons. The molecular weight excluding hydrogens is 312 g/mol. The summed E-state index contributed by atoms with van der Waals surface area (Å²) in [5.74, 6) is -0.0817. The van der Waals surface area contributed by atoms with Crippen LogP contribution in [-0.2, 0) is 6.42 Å². The molecule has 0 fully saturated rings. The van der Waals surface area contributed by atoms with Crippen molar-refractivity contribution in [1.82, 2.24) is 4.98 Å². The summed E-state index contributed by atoms with van der Waals surface area (Å²) >= 11 is 2.98. The maximum Gasteiger partial charge on any atom is 0.267 e. The first kappa shape index (κ1) is 14.9. The molecule has 3 nitrogen and oxygen atoms in total. The number of thiophene rings is 1. The zero-order chi connectivity index (χ0) is 15.5. The van der Waals surface area contributed by atoms with Gasteiger partial charge in [-0.05, 0) is 25.0 Å². The Labute approximate surface area is 137 Å². The summed E-state index contributed by atoms with van der Waals surface area (Å²) < 4.78 is 0. The Morgan fingerprint density at radius 1 is 1.27 bits per heavy atom. The Bertz CT molecular complexity index is 790. The topological polar surface area (TPSA) is 42.0 Å². The van der Waals surface area contributed by atoms with Gasteiger partial charge in [-0.1, -0.05) is 37.3 Å². The first-order valence-corrected chi connectivity index (χ1v) is 8.78. The number of carbonyl (C=O) groups is 1. The highest BCUT2D eigenvalue weighted by atomic mass is 32.1. The van der Waals surface area contributed by atoms with Crippen molar-refractivity contribution in [2.75, 3.05) is 5.32 Å². The van der Waals surface area contributed by atoms with E-state index in [1.54, 1.807) is 0 Å². The van der Waals surface area contributed by atoms with Gasteiger partial charge < -0.3 is 0 Å². The number of aromatic nitrogens is 1. The molecule has 1 N–H and O–H groups in total. The number of aryl methyl sites for hydroxylation is 2. The second-order valence-electron chi connectivity index (χ2n) is 4.90. The van der Waals surface area contributed by atoms with Crippen LogP contribution >= 0.6 is 22.7 Å². The van der Waals surface area contributed by atoms with E-state index in [4.69, 9.17) is 0 Å². The molecule has 1 amide bonds. The van der Waals surface area contributed by atoms with Crippen LogP contribution in [0.4, 0.5) is 5.13 Å². The minimum Gasteiger partial charge on any atom is -0.297 e. The fraction of sp³-hybridized carbons (Fsp3) is 0.176. The lowest BCUT2D eigenvalue weighted by Crippen LogP contribution is -2.09. The Morgan fingerprint density at radius 2 is 2.05 bits per heavy atom. The minimum absolute atomic E-state index is 0.0817. The molecule has 0 saturated carbocycles. The van der Waals surface area contributed by atoms with E-state index in [9.17, 15) is 4.79 Å². The molecule has 0 unspecified atom stereocenters. The fourth-order valence-corrected chi connectivity index (χ4v) is 3.94. The SMILES string of the molecule is CCc1cc(C(=O)Nc2nc(-c3ccccc3)cs2)sc1C. The number of carbonyl (C=O) groups excluding carboxylic acids is 1. The molecule has 22 heavy (non-hydrogen) atoms. The average molecular weight is 328 g/mol. The van der Waals surface area contributed by atoms with Gasteiger partial charge in [0, 0.05) is 15.8 Å². The van der Waals surface area contributed by atoms with Gasteiger partial charge in [-0.2, -0.15) is 0 Å². The molecule has 0 spiro atoms. The summed E-state index contributed by atoms with van der Waals surface area (Å²) in [6, 6.07) is 11.9. The number of benzene rings is 1. The molecule has 0 saturated heterocycles. The second-order valence-corrected chi connectivity index (χ2v) is 7.02. The lowest BCUT2D eigenvalue weighted by molar-refractivity contribution is 0.103. The molecule has 0 aliphatic heterocycles. The van der Waals surface area contributed by atoms with E-state index in [2.05, 4.69) is 24.1 Å². The average Bonchev–Trinajstić information content (AvgIpc) is 3.14. The van der Waals surface area contributed by atoms with Gasteiger partial charge in [-0.25, -0.2) is 4.98 Å². The van der Waals surface area contributed by atoms with Crippen molar-refractivity contribution < 1.29 is 4.79 Å². The van der Waals surface area contributed by atoms with Crippen LogP contribution in [0, 0.1) is 6.92 Å². The molecule has 0 aliphatic carbocycles. The summed E-state index contributed by atoms with van der Waals surface area (Å²) in [6.45, 7) is 4.15. The summed E-state index contributed by atoms with van der Waals surface area (Å²) in [5, 5.41) is 5.48. The maximum absolute atomic E-state index is 12.3. The number of hydrogen-bond acceptors (Lipinski definition) is 4. The predicted molar refractivity (Wildman–Crippen MR) is 93.9 cm³/mol. The molecule has 0 radical (unpaired) electrons. The van der Waals surface area contributed by atoms with Gasteiger partial charge >= 0.3 is 0 Å². The lowest BCUT2D eigenvalue weighted by Gasteiger charge is -1.98. The molecule has 3 aromatic rings. The quantitative estimate of drug-likeness (QED) is 0.732. The van der Waals surface area contributed by atoms with E-state index in [-0.39, 0.29) is 5.91 Å². The molecule has 1 aromatic carbocycles. The molecule has 0 aliphatic rings. The van der Waals surface area contributed by atoms with Crippen LogP contribution in [0.2, 0.25) is 0 Å². The number of amides is 1. The third-order valence-corrected chi connectivity index (χ3v) is 5.27. The zero-order valence-corrected chi connectivity index (χ0v) is 14.1. The largest absolute Gasteiger partial charge is 0.297 e. The molecule has 2 aromatic heterocycles. The summed E-state index contributed by atoms with van der Waals surface area (Å²) in [7, 11) is 0. The van der Waals surface area contributed by atoms with E-state index in [1.165, 1.54) is 33.1 Å². The van der Waals surface area contributed by atoms with Crippen molar-refractivity contribution in [1.29, 1.82) is 0 Å². The zero-order valence-electron chi connectivity index (χ0n) is 12.4. The molecule has 2 heterocycles. The third kappa shape index (κ3) is 3.10. The standard InChI is InChI=1S/C17H16N2OS2/c1-3-12-9-15(22-11(12)2)16(20)19-17-18-14(10-21-17)13-7-5-4-6-8-13/h4-10H,3H2,1-2H3,(H,18,19,20). The Morgan fingerprint density at radius 3 is 2.73 bits per heavy atom. The van der Waals surface area contributed by atoms with Crippen molar-refractivity contribution in [3.63, 3.8) is 0 Å². The smallest absolute Gasteiger partial charge is 0.267 e. The van der Waals surface area contributed by atoms with Crippen molar-refractivity contribution in [2.45, 2.75) is 20.3 Å². The van der Waals surface area contributed by atoms with Gasteiger partial charge in [0.25, 0.3) is 5.91 Å². The number of nitrogens with one attached hydrogen (secondary N) is 1. The van der Waals surface area contributed by atoms with Crippen LogP contribution in [-0.4, -0.2) is 10.9 Å². The minimum atomic E-state index is -0.0817. The number of anilines is 1. The van der Waals surface area contributed by atoms with E-state index in [0.29, 0.717) is 5.13 Å². The number of rotatable bonds is 4. The summed E-state index contributed by atoms with van der Waals surface area (Å²) in [4.78, 5) is 18.7. The first-order valence-electron chi connectivity index (χ1n) is 7.09. The Kier molecular flexibility index (Phi) is 4.36. The van der Waals surface area contributed by atoms with Crippen LogP contribution in [0.15, 0.2) is 41.8 Å². The molecule has 0 atom stereocenters. The van der Waals surface area contributed by atoms with Crippen LogP contribution in [0.5, 0.6) is 0 Å². The first-order chi connectivity index (χ1) is 10.7. The van der Waals surface area contributed by atoms with Gasteiger partial charge in [0.15, 0.2) is 5.13 Å². The van der Waals surface area contributed by atoms with Gasteiger partial charge in [0.2, 0.25) is 0 Å². The van der Waals surface area contributed by atoms with E-state index < -0.39 is 0 Å². The summed E-state index contributed by atoms with van der Waals surface area (Å²) in [5.41, 5.74) is 3.18. The third-order valence-electron chi connectivity index (χ3n) is 3.42. The maximum atomic E-state index is 12.3. The van der Waals surface area contributed by atoms with Crippen molar-refractivity contribution >= 4 is 33.7 Å². The van der Waals surface area contributed by atoms with Gasteiger partial charge in [-0.3, -0.25) is 10.1 Å². The lowest BCUT2D eigenvalue weighted by atomic mass is 10.2. The van der Waals surface area contributed by atoms with E-state index in [0.717, 1.165) is 22.6 Å². The van der Waals surface area contributed by atoms with Crippen LogP contribution < -0.4 is 5.32 Å². The fourth-order valence-electron chi connectivity index (χ4n) is 2.21. The highest BCUT2D eigenvalue weighted by molar-refractivity contribution is 7.15. The normalized spacial score (nSPS) is 10.6. The Balaban J connectivity index is 1.76. The van der Waals surface area contributed by atoms with Crippen LogP contribution in [0.1, 0.15) is 27.0 Å². The van der Waals surface area contributed by atoms with Gasteiger partial charge in [0.05, 0.1) is 10.6 Å². The highest BCUT2D eigenvalue weighted by Gasteiger charge is 2.13. The predicted octanol–water partition coefficient (Wildman–Crippen LogP) is 4.99. The Hall–Kier alpha value is -1.98. The molecular formula is C17H16N2OS2. The summed E-state index contributed by atoms with van der Waals surface area (Å²) in [6.07, 6.45) is 0.949. The van der Waals surface area contributed by atoms with Crippen LogP contribution in [0.25, 0.3) is 11.3 Å². The van der Waals surface area contributed by atoms with Crippen molar-refractivity contribution in [3.05, 3.63) is 57.1 Å². The monoisotopic (exact) mass is 328 g/mol. The van der Waals surface area contributed by atoms with Gasteiger partial charge in [0.1, 0.15) is 0 Å². The second kappa shape index (κ2) is 6.42. The highest BCUT2D eigenvalue weighted by Crippen LogP contribution is 2.27. The molecule has 3 rings (SSSR count).